The predicted molar refractivity (Wildman–Crippen MR) is 113 cm³/mol. The van der Waals surface area contributed by atoms with Crippen molar-refractivity contribution < 1.29 is 9.90 Å². The number of aromatic hydroxyl groups is 1. The smallest absolute Gasteiger partial charge is 0.290 e. The van der Waals surface area contributed by atoms with Gasteiger partial charge >= 0.3 is 0 Å². The molecule has 0 bridgehead atoms. The first-order chi connectivity index (χ1) is 13.6. The average Bonchev–Trinajstić information content (AvgIpc) is 2.71. The second-order valence-corrected chi connectivity index (χ2v) is 6.71. The Kier molecular flexibility index (Phi) is 6.38. The summed E-state index contributed by atoms with van der Waals surface area (Å²) in [6.45, 7) is 1.85. The minimum Gasteiger partial charge on any atom is -0.505 e. The van der Waals surface area contributed by atoms with Crippen LogP contribution in [0.4, 0.5) is 17.1 Å². The topological polar surface area (TPSA) is 109 Å². The van der Waals surface area contributed by atoms with Crippen LogP contribution in [0.2, 0.25) is 0 Å². The molecule has 1 aromatic heterocycles. The lowest BCUT2D eigenvalue weighted by Gasteiger charge is -2.20. The summed E-state index contributed by atoms with van der Waals surface area (Å²) in [6.07, 6.45) is 6.02. The molecular formula is C20H25N5O4. The van der Waals surface area contributed by atoms with Gasteiger partial charge < -0.3 is 20.6 Å². The number of nitrogens with one attached hydrogen (secondary N) is 2. The Labute approximate surface area is 168 Å². The molecule has 0 spiro atoms. The van der Waals surface area contributed by atoms with Crippen molar-refractivity contribution in [3.63, 3.8) is 0 Å². The third-order valence-corrected chi connectivity index (χ3v) is 4.58. The normalized spacial score (nSPS) is 11.4. The minimum atomic E-state index is -0.509. The van der Waals surface area contributed by atoms with Crippen LogP contribution in [-0.2, 0) is 14.1 Å². The molecule has 1 amide bonds. The molecule has 1 heterocycles. The van der Waals surface area contributed by atoms with Gasteiger partial charge in [-0.15, -0.1) is 6.42 Å². The molecule has 0 saturated heterocycles. The molecular weight excluding hydrogens is 374 g/mol. The van der Waals surface area contributed by atoms with E-state index in [2.05, 4.69) is 16.6 Å². The zero-order valence-electron chi connectivity index (χ0n) is 17.1. The van der Waals surface area contributed by atoms with Gasteiger partial charge in [0.2, 0.25) is 0 Å². The first-order valence-electron chi connectivity index (χ1n) is 8.97. The summed E-state index contributed by atoms with van der Waals surface area (Å²) in [5.41, 5.74) is -0.892. The van der Waals surface area contributed by atoms with E-state index in [1.54, 1.807) is 20.2 Å². The van der Waals surface area contributed by atoms with E-state index >= 15 is 0 Å². The quantitative estimate of drug-likeness (QED) is 0.495. The van der Waals surface area contributed by atoms with E-state index in [-0.39, 0.29) is 28.4 Å². The van der Waals surface area contributed by atoms with Crippen molar-refractivity contribution >= 4 is 23.0 Å². The van der Waals surface area contributed by atoms with Gasteiger partial charge in [-0.05, 0) is 18.6 Å². The van der Waals surface area contributed by atoms with E-state index in [1.165, 1.54) is 31.1 Å². The molecule has 0 radical (unpaired) electrons. The van der Waals surface area contributed by atoms with E-state index in [1.807, 2.05) is 6.92 Å². The fourth-order valence-electron chi connectivity index (χ4n) is 2.69. The molecule has 0 saturated carbocycles. The van der Waals surface area contributed by atoms with Gasteiger partial charge in [0.05, 0.1) is 17.3 Å². The summed E-state index contributed by atoms with van der Waals surface area (Å²) in [4.78, 5) is 39.2. The van der Waals surface area contributed by atoms with Crippen LogP contribution in [0.3, 0.4) is 0 Å². The Morgan fingerprint density at radius 2 is 1.79 bits per heavy atom. The van der Waals surface area contributed by atoms with E-state index in [0.717, 1.165) is 9.36 Å². The largest absolute Gasteiger partial charge is 0.505 e. The lowest BCUT2D eigenvalue weighted by atomic mass is 10.1. The zero-order valence-corrected chi connectivity index (χ0v) is 17.1. The first-order valence-corrected chi connectivity index (χ1v) is 8.97. The fraction of sp³-hybridized carbons (Fsp3) is 0.350. The highest BCUT2D eigenvalue weighted by atomic mass is 16.3. The summed E-state index contributed by atoms with van der Waals surface area (Å²) in [5, 5.41) is 16.3. The van der Waals surface area contributed by atoms with Crippen molar-refractivity contribution in [1.82, 2.24) is 14.3 Å². The van der Waals surface area contributed by atoms with Gasteiger partial charge in [0.15, 0.2) is 5.75 Å². The van der Waals surface area contributed by atoms with E-state index in [9.17, 15) is 19.5 Å². The van der Waals surface area contributed by atoms with Crippen LogP contribution in [0, 0.1) is 12.3 Å². The summed E-state index contributed by atoms with van der Waals surface area (Å²) in [5.74, 6) is 1.79. The second kappa shape index (κ2) is 8.56. The molecule has 0 aliphatic rings. The van der Waals surface area contributed by atoms with E-state index < -0.39 is 23.1 Å². The molecule has 29 heavy (non-hydrogen) atoms. The Balaban J connectivity index is 2.66. The fourth-order valence-corrected chi connectivity index (χ4v) is 2.69. The van der Waals surface area contributed by atoms with Crippen molar-refractivity contribution in [2.45, 2.75) is 19.4 Å². The highest BCUT2D eigenvalue weighted by Crippen LogP contribution is 2.31. The number of carbonyl (C=O) groups excluding carboxylic acids is 1. The van der Waals surface area contributed by atoms with Crippen molar-refractivity contribution in [1.29, 1.82) is 0 Å². The summed E-state index contributed by atoms with van der Waals surface area (Å²) in [6, 6.07) is 4.06. The van der Waals surface area contributed by atoms with Crippen LogP contribution < -0.4 is 21.8 Å². The molecule has 0 aliphatic carbocycles. The van der Waals surface area contributed by atoms with Crippen molar-refractivity contribution in [3.8, 4) is 18.1 Å². The third kappa shape index (κ3) is 4.11. The Bertz CT molecular complexity index is 1090. The molecule has 1 aromatic carbocycles. The van der Waals surface area contributed by atoms with Gasteiger partial charge in [-0.25, -0.2) is 9.36 Å². The molecule has 0 aliphatic heterocycles. The Morgan fingerprint density at radius 3 is 2.31 bits per heavy atom. The standard InChI is InChI=1S/C20H25N5O4/c1-7-12(8-2)21-15-16(20(29)25(6)24(5)19(15)28)22-14-11-9-10-13(17(14)26)18(27)23(3)4/h1,9-12,21-22,26H,8H2,2-6H3. The highest BCUT2D eigenvalue weighted by molar-refractivity contribution is 5.98. The number of rotatable bonds is 6. The van der Waals surface area contributed by atoms with Crippen LogP contribution in [0.25, 0.3) is 0 Å². The van der Waals surface area contributed by atoms with Crippen LogP contribution >= 0.6 is 0 Å². The molecule has 154 valence electrons. The van der Waals surface area contributed by atoms with Crippen molar-refractivity contribution in [2.24, 2.45) is 14.1 Å². The second-order valence-electron chi connectivity index (χ2n) is 6.71. The molecule has 2 rings (SSSR count). The maximum atomic E-state index is 12.9. The average molecular weight is 399 g/mol. The summed E-state index contributed by atoms with van der Waals surface area (Å²) < 4.78 is 2.30. The molecule has 2 aromatic rings. The van der Waals surface area contributed by atoms with Crippen LogP contribution in [0.15, 0.2) is 27.8 Å². The number of aromatic nitrogens is 2. The number of nitrogens with zero attached hydrogens (tertiary/aromatic N) is 3. The number of phenolic OH excluding ortho intramolecular Hbond substituents is 1. The third-order valence-electron chi connectivity index (χ3n) is 4.58. The zero-order chi connectivity index (χ0) is 21.9. The number of terminal acetylenes is 1. The number of carbonyl (C=O) groups is 1. The highest BCUT2D eigenvalue weighted by Gasteiger charge is 2.21. The number of amides is 1. The summed E-state index contributed by atoms with van der Waals surface area (Å²) in [7, 11) is 6.03. The number of benzene rings is 1. The molecule has 0 fully saturated rings. The van der Waals surface area contributed by atoms with Crippen LogP contribution in [-0.4, -0.2) is 45.4 Å². The van der Waals surface area contributed by atoms with Gasteiger partial charge in [0, 0.05) is 28.2 Å². The number of hydrogen-bond donors (Lipinski definition) is 3. The molecule has 1 atom stereocenters. The maximum Gasteiger partial charge on any atom is 0.290 e. The Hall–Kier alpha value is -3.67. The molecule has 9 nitrogen and oxygen atoms in total. The van der Waals surface area contributed by atoms with Gasteiger partial charge in [-0.3, -0.25) is 14.4 Å². The van der Waals surface area contributed by atoms with Crippen molar-refractivity contribution in [3.05, 3.63) is 44.5 Å². The van der Waals surface area contributed by atoms with E-state index in [0.29, 0.717) is 6.42 Å². The number of para-hydroxylation sites is 1. The SMILES string of the molecule is C#CC(CC)Nc1c(Nc2cccc(C(=O)N(C)C)c2O)c(=O)n(C)n(C)c1=O. The lowest BCUT2D eigenvalue weighted by molar-refractivity contribution is 0.0824. The van der Waals surface area contributed by atoms with Gasteiger partial charge in [0.1, 0.15) is 11.4 Å². The molecule has 1 unspecified atom stereocenters. The number of hydrogen-bond acceptors (Lipinski definition) is 6. The molecule has 9 heteroatoms. The first kappa shape index (κ1) is 21.6. The van der Waals surface area contributed by atoms with Gasteiger partial charge in [-0.2, -0.15) is 0 Å². The minimum absolute atomic E-state index is 0.0101. The van der Waals surface area contributed by atoms with Crippen LogP contribution in [0.1, 0.15) is 23.7 Å². The maximum absolute atomic E-state index is 12.9. The molecule has 3 N–H and O–H groups in total. The van der Waals surface area contributed by atoms with E-state index in [4.69, 9.17) is 6.42 Å². The number of phenols is 1. The van der Waals surface area contributed by atoms with Crippen molar-refractivity contribution in [2.75, 3.05) is 24.7 Å². The number of anilines is 3. The Morgan fingerprint density at radius 1 is 1.21 bits per heavy atom. The monoisotopic (exact) mass is 399 g/mol. The summed E-state index contributed by atoms with van der Waals surface area (Å²) >= 11 is 0. The van der Waals surface area contributed by atoms with Gasteiger partial charge in [-0.1, -0.05) is 18.9 Å². The predicted octanol–water partition coefficient (Wildman–Crippen LogP) is 1.06. The van der Waals surface area contributed by atoms with Crippen LogP contribution in [0.5, 0.6) is 5.75 Å². The lowest BCUT2D eigenvalue weighted by Crippen LogP contribution is -2.39. The van der Waals surface area contributed by atoms with Gasteiger partial charge in [0.25, 0.3) is 17.0 Å².